The van der Waals surface area contributed by atoms with Crippen LogP contribution >= 0.6 is 0 Å². The first-order valence-corrected chi connectivity index (χ1v) is 7.65. The van der Waals surface area contributed by atoms with E-state index in [0.29, 0.717) is 17.9 Å². The summed E-state index contributed by atoms with van der Waals surface area (Å²) in [7, 11) is 3.23. The zero-order valence-electron chi connectivity index (χ0n) is 13.4. The first-order valence-electron chi connectivity index (χ1n) is 7.65. The van der Waals surface area contributed by atoms with Crippen LogP contribution in [-0.2, 0) is 10.3 Å². The third kappa shape index (κ3) is 1.96. The van der Waals surface area contributed by atoms with Crippen LogP contribution in [0.2, 0.25) is 0 Å². The van der Waals surface area contributed by atoms with Crippen LogP contribution < -0.4 is 20.2 Å². The molecule has 4 rings (SSSR count). The monoisotopic (exact) mass is 323 g/mol. The highest BCUT2D eigenvalue weighted by atomic mass is 16.5. The average Bonchev–Trinajstić information content (AvgIpc) is 3.18. The highest BCUT2D eigenvalue weighted by Gasteiger charge is 2.50. The van der Waals surface area contributed by atoms with E-state index in [-0.39, 0.29) is 5.91 Å². The number of carbonyl (C=O) groups is 1. The summed E-state index contributed by atoms with van der Waals surface area (Å²) in [5.74, 6) is 1.31. The summed E-state index contributed by atoms with van der Waals surface area (Å²) in [6, 6.07) is 13.2. The van der Waals surface area contributed by atoms with Gasteiger partial charge in [0, 0.05) is 23.2 Å². The third-order valence-electron chi connectivity index (χ3n) is 4.55. The number of fused-ring (bicyclic) bond motifs is 2. The van der Waals surface area contributed by atoms with E-state index in [4.69, 9.17) is 9.47 Å². The second-order valence-corrected chi connectivity index (χ2v) is 5.82. The van der Waals surface area contributed by atoms with Crippen molar-refractivity contribution in [3.63, 3.8) is 0 Å². The van der Waals surface area contributed by atoms with Gasteiger partial charge in [0.1, 0.15) is 11.5 Å². The normalized spacial score (nSPS) is 21.1. The molecule has 0 fully saturated rings. The lowest BCUT2D eigenvalue weighted by atomic mass is 9.86. The number of rotatable bonds is 3. The Morgan fingerprint density at radius 3 is 2.75 bits per heavy atom. The van der Waals surface area contributed by atoms with Gasteiger partial charge in [0.15, 0.2) is 5.54 Å². The van der Waals surface area contributed by atoms with Crippen LogP contribution in [0, 0.1) is 0 Å². The fraction of sp³-hybridized carbons (Fsp3) is 0.222. The zero-order chi connectivity index (χ0) is 16.7. The molecule has 2 aliphatic rings. The summed E-state index contributed by atoms with van der Waals surface area (Å²) in [4.78, 5) is 12.6. The van der Waals surface area contributed by atoms with Gasteiger partial charge in [-0.2, -0.15) is 5.10 Å². The van der Waals surface area contributed by atoms with Gasteiger partial charge in [-0.25, -0.2) is 0 Å². The zero-order valence-corrected chi connectivity index (χ0v) is 13.4. The number of para-hydroxylation sites is 1. The number of hydrazone groups is 1. The highest BCUT2D eigenvalue weighted by molar-refractivity contribution is 6.13. The van der Waals surface area contributed by atoms with Crippen LogP contribution in [0.3, 0.4) is 0 Å². The highest BCUT2D eigenvalue weighted by Crippen LogP contribution is 2.42. The SMILES string of the molecule is COc1ccc(OC)c(C2=NNC3(C2)C(=O)Nc2ccccc23)c1. The van der Waals surface area contributed by atoms with Gasteiger partial charge in [0.25, 0.3) is 5.91 Å². The molecule has 122 valence electrons. The van der Waals surface area contributed by atoms with Crippen molar-refractivity contribution in [3.8, 4) is 11.5 Å². The first kappa shape index (κ1) is 14.6. The van der Waals surface area contributed by atoms with Crippen molar-refractivity contribution in [1.82, 2.24) is 5.43 Å². The number of amides is 1. The van der Waals surface area contributed by atoms with E-state index >= 15 is 0 Å². The molecular weight excluding hydrogens is 306 g/mol. The number of ether oxygens (including phenoxy) is 2. The molecule has 6 nitrogen and oxygen atoms in total. The molecule has 1 unspecified atom stereocenters. The molecule has 24 heavy (non-hydrogen) atoms. The van der Waals surface area contributed by atoms with Crippen LogP contribution in [0.15, 0.2) is 47.6 Å². The fourth-order valence-corrected chi connectivity index (χ4v) is 3.29. The van der Waals surface area contributed by atoms with E-state index < -0.39 is 5.54 Å². The molecule has 0 saturated carbocycles. The summed E-state index contributed by atoms with van der Waals surface area (Å²) in [5, 5.41) is 7.37. The van der Waals surface area contributed by atoms with Crippen molar-refractivity contribution >= 4 is 17.3 Å². The van der Waals surface area contributed by atoms with E-state index in [9.17, 15) is 4.79 Å². The maximum atomic E-state index is 12.6. The van der Waals surface area contributed by atoms with Crippen LogP contribution in [0.25, 0.3) is 0 Å². The molecule has 2 heterocycles. The van der Waals surface area contributed by atoms with Crippen LogP contribution in [0.5, 0.6) is 11.5 Å². The summed E-state index contributed by atoms with van der Waals surface area (Å²) < 4.78 is 10.7. The smallest absolute Gasteiger partial charge is 0.256 e. The number of hydrogen-bond donors (Lipinski definition) is 2. The summed E-state index contributed by atoms with van der Waals surface area (Å²) in [6.07, 6.45) is 0.444. The van der Waals surface area contributed by atoms with Crippen molar-refractivity contribution in [2.75, 3.05) is 19.5 Å². The number of methoxy groups -OCH3 is 2. The minimum Gasteiger partial charge on any atom is -0.497 e. The molecule has 2 N–H and O–H groups in total. The van der Waals surface area contributed by atoms with Crippen molar-refractivity contribution < 1.29 is 14.3 Å². The lowest BCUT2D eigenvalue weighted by molar-refractivity contribution is -0.121. The molecule has 0 radical (unpaired) electrons. The van der Waals surface area contributed by atoms with Gasteiger partial charge in [0.05, 0.1) is 19.9 Å². The fourth-order valence-electron chi connectivity index (χ4n) is 3.29. The van der Waals surface area contributed by atoms with Crippen molar-refractivity contribution in [2.45, 2.75) is 12.0 Å². The Bertz CT molecular complexity index is 862. The predicted molar refractivity (Wildman–Crippen MR) is 90.6 cm³/mol. The van der Waals surface area contributed by atoms with E-state index in [1.807, 2.05) is 42.5 Å². The van der Waals surface area contributed by atoms with E-state index in [1.54, 1.807) is 14.2 Å². The maximum Gasteiger partial charge on any atom is 0.256 e. The summed E-state index contributed by atoms with van der Waals surface area (Å²) in [6.45, 7) is 0. The Hall–Kier alpha value is -3.02. The molecule has 1 spiro atoms. The van der Waals surface area contributed by atoms with Crippen molar-refractivity contribution in [1.29, 1.82) is 0 Å². The van der Waals surface area contributed by atoms with Crippen LogP contribution in [0.1, 0.15) is 17.5 Å². The Balaban J connectivity index is 1.74. The number of carbonyl (C=O) groups excluding carboxylic acids is 1. The number of nitrogens with zero attached hydrogens (tertiary/aromatic N) is 1. The topological polar surface area (TPSA) is 72.0 Å². The molecule has 6 heteroatoms. The van der Waals surface area contributed by atoms with Gasteiger partial charge in [-0.15, -0.1) is 0 Å². The maximum absolute atomic E-state index is 12.6. The number of benzene rings is 2. The number of nitrogens with one attached hydrogen (secondary N) is 2. The molecule has 1 atom stereocenters. The minimum absolute atomic E-state index is 0.0932. The quantitative estimate of drug-likeness (QED) is 0.909. The summed E-state index contributed by atoms with van der Waals surface area (Å²) >= 11 is 0. The van der Waals surface area contributed by atoms with E-state index in [1.165, 1.54) is 0 Å². The molecule has 1 amide bonds. The van der Waals surface area contributed by atoms with Gasteiger partial charge in [0.2, 0.25) is 0 Å². The Morgan fingerprint density at radius 1 is 1.12 bits per heavy atom. The molecule has 0 aliphatic carbocycles. The number of anilines is 1. The Kier molecular flexibility index (Phi) is 3.19. The van der Waals surface area contributed by atoms with Crippen molar-refractivity contribution in [2.24, 2.45) is 5.10 Å². The standard InChI is InChI=1S/C18H17N3O3/c1-23-11-7-8-16(24-2)12(9-11)15-10-18(21-20-15)13-5-3-4-6-14(13)19-17(18)22/h3-9,21H,10H2,1-2H3,(H,19,22). The number of hydrogen-bond acceptors (Lipinski definition) is 5. The molecule has 0 saturated heterocycles. The second kappa shape index (κ2) is 5.26. The lowest BCUT2D eigenvalue weighted by Crippen LogP contribution is -2.42. The average molecular weight is 323 g/mol. The van der Waals surface area contributed by atoms with E-state index in [0.717, 1.165) is 22.5 Å². The predicted octanol–water partition coefficient (Wildman–Crippen LogP) is 2.25. The molecule has 2 aromatic carbocycles. The first-order chi connectivity index (χ1) is 11.7. The van der Waals surface area contributed by atoms with E-state index in [2.05, 4.69) is 15.8 Å². The van der Waals surface area contributed by atoms with Gasteiger partial charge < -0.3 is 14.8 Å². The Labute approximate surface area is 139 Å². The molecule has 0 bridgehead atoms. The molecule has 0 aromatic heterocycles. The van der Waals surface area contributed by atoms with Gasteiger partial charge >= 0.3 is 0 Å². The summed E-state index contributed by atoms with van der Waals surface area (Å²) in [5.41, 5.74) is 5.51. The third-order valence-corrected chi connectivity index (χ3v) is 4.55. The van der Waals surface area contributed by atoms with Gasteiger partial charge in [-0.3, -0.25) is 10.2 Å². The lowest BCUT2D eigenvalue weighted by Gasteiger charge is -2.21. The minimum atomic E-state index is -0.861. The molecular formula is C18H17N3O3. The molecule has 2 aromatic rings. The van der Waals surface area contributed by atoms with Crippen LogP contribution in [-0.4, -0.2) is 25.8 Å². The van der Waals surface area contributed by atoms with Gasteiger partial charge in [-0.05, 0) is 24.3 Å². The second-order valence-electron chi connectivity index (χ2n) is 5.82. The molecule has 2 aliphatic heterocycles. The van der Waals surface area contributed by atoms with Crippen molar-refractivity contribution in [3.05, 3.63) is 53.6 Å². The van der Waals surface area contributed by atoms with Gasteiger partial charge in [-0.1, -0.05) is 18.2 Å². The largest absolute Gasteiger partial charge is 0.497 e. The Morgan fingerprint density at radius 2 is 1.96 bits per heavy atom. The van der Waals surface area contributed by atoms with Crippen LogP contribution in [0.4, 0.5) is 5.69 Å².